The molecule has 1 fully saturated rings. The van der Waals surface area contributed by atoms with E-state index in [1.807, 2.05) is 65.3 Å². The van der Waals surface area contributed by atoms with Gasteiger partial charge in [0.2, 0.25) is 0 Å². The quantitative estimate of drug-likeness (QED) is 0.793. The maximum Gasteiger partial charge on any atom is 0.253 e. The van der Waals surface area contributed by atoms with E-state index in [1.165, 1.54) is 0 Å². The summed E-state index contributed by atoms with van der Waals surface area (Å²) in [6.07, 6.45) is 0. The molecule has 2 aromatic rings. The minimum atomic E-state index is 0.0185. The van der Waals surface area contributed by atoms with Gasteiger partial charge in [-0.25, -0.2) is 0 Å². The number of nitrogens with zero attached hydrogens (tertiary/aromatic N) is 2. The Morgan fingerprint density at radius 3 is 1.54 bits per heavy atom. The molecule has 0 N–H and O–H groups in total. The van der Waals surface area contributed by atoms with Gasteiger partial charge >= 0.3 is 0 Å². The molecule has 0 radical (unpaired) electrons. The molecule has 1 heterocycles. The first kappa shape index (κ1) is 16.7. The SMILES string of the molecule is Cc1ccc(C(=O)N2CCN(C(=O)c3ccc(Br)cc3)CC2)cc1. The number of piperazine rings is 1. The van der Waals surface area contributed by atoms with Crippen molar-refractivity contribution in [3.05, 3.63) is 69.7 Å². The van der Waals surface area contributed by atoms with Gasteiger partial charge in [0.25, 0.3) is 11.8 Å². The maximum atomic E-state index is 12.5. The molecule has 4 nitrogen and oxygen atoms in total. The molecule has 2 aromatic carbocycles. The second kappa shape index (κ2) is 7.18. The third-order valence-corrected chi connectivity index (χ3v) is 4.77. The molecule has 1 aliphatic rings. The zero-order chi connectivity index (χ0) is 17.1. The summed E-state index contributed by atoms with van der Waals surface area (Å²) >= 11 is 3.37. The van der Waals surface area contributed by atoms with Crippen LogP contribution in [0.5, 0.6) is 0 Å². The van der Waals surface area contributed by atoms with Gasteiger partial charge in [0.1, 0.15) is 0 Å². The van der Waals surface area contributed by atoms with Crippen LogP contribution in [-0.2, 0) is 0 Å². The van der Waals surface area contributed by atoms with E-state index in [0.717, 1.165) is 10.0 Å². The van der Waals surface area contributed by atoms with Crippen molar-refractivity contribution < 1.29 is 9.59 Å². The van der Waals surface area contributed by atoms with E-state index in [0.29, 0.717) is 37.3 Å². The number of amides is 2. The molecule has 5 heteroatoms. The van der Waals surface area contributed by atoms with Crippen molar-refractivity contribution in [3.8, 4) is 0 Å². The summed E-state index contributed by atoms with van der Waals surface area (Å²) in [5.74, 6) is 0.0516. The van der Waals surface area contributed by atoms with Crippen LogP contribution in [0.2, 0.25) is 0 Å². The summed E-state index contributed by atoms with van der Waals surface area (Å²) in [6.45, 7) is 4.25. The highest BCUT2D eigenvalue weighted by atomic mass is 79.9. The number of hydrogen-bond acceptors (Lipinski definition) is 2. The Hall–Kier alpha value is -2.14. The van der Waals surface area contributed by atoms with Crippen LogP contribution in [0.15, 0.2) is 53.0 Å². The predicted molar refractivity (Wildman–Crippen MR) is 97.1 cm³/mol. The lowest BCUT2D eigenvalue weighted by Crippen LogP contribution is -2.50. The third kappa shape index (κ3) is 3.67. The van der Waals surface area contributed by atoms with Crippen molar-refractivity contribution in [2.75, 3.05) is 26.2 Å². The lowest BCUT2D eigenvalue weighted by Gasteiger charge is -2.35. The molecular weight excluding hydrogens is 368 g/mol. The summed E-state index contributed by atoms with van der Waals surface area (Å²) in [5, 5.41) is 0. The molecule has 0 aliphatic carbocycles. The average molecular weight is 387 g/mol. The topological polar surface area (TPSA) is 40.6 Å². The molecule has 0 atom stereocenters. The smallest absolute Gasteiger partial charge is 0.253 e. The summed E-state index contributed by atoms with van der Waals surface area (Å²) in [6, 6.07) is 15.0. The van der Waals surface area contributed by atoms with Crippen molar-refractivity contribution in [1.29, 1.82) is 0 Å². The number of aryl methyl sites for hydroxylation is 1. The largest absolute Gasteiger partial charge is 0.335 e. The van der Waals surface area contributed by atoms with Crippen LogP contribution >= 0.6 is 15.9 Å². The fourth-order valence-electron chi connectivity index (χ4n) is 2.77. The van der Waals surface area contributed by atoms with Gasteiger partial charge in [-0.05, 0) is 43.3 Å². The molecule has 0 aromatic heterocycles. The molecule has 3 rings (SSSR count). The molecule has 124 valence electrons. The summed E-state index contributed by atoms with van der Waals surface area (Å²) in [7, 11) is 0. The zero-order valence-electron chi connectivity index (χ0n) is 13.5. The first-order valence-electron chi connectivity index (χ1n) is 7.95. The third-order valence-electron chi connectivity index (χ3n) is 4.24. The van der Waals surface area contributed by atoms with E-state index >= 15 is 0 Å². The summed E-state index contributed by atoms with van der Waals surface area (Å²) < 4.78 is 0.951. The Balaban J connectivity index is 1.61. The van der Waals surface area contributed by atoms with Gasteiger partial charge in [-0.1, -0.05) is 33.6 Å². The second-order valence-corrected chi connectivity index (χ2v) is 6.87. The molecule has 24 heavy (non-hydrogen) atoms. The van der Waals surface area contributed by atoms with Gasteiger partial charge in [-0.2, -0.15) is 0 Å². The number of benzene rings is 2. The monoisotopic (exact) mass is 386 g/mol. The van der Waals surface area contributed by atoms with Gasteiger partial charge in [0.05, 0.1) is 0 Å². The minimum absolute atomic E-state index is 0.0185. The van der Waals surface area contributed by atoms with Gasteiger partial charge in [0.15, 0.2) is 0 Å². The van der Waals surface area contributed by atoms with Gasteiger partial charge in [-0.3, -0.25) is 9.59 Å². The molecule has 0 bridgehead atoms. The van der Waals surface area contributed by atoms with E-state index in [1.54, 1.807) is 0 Å². The lowest BCUT2D eigenvalue weighted by atomic mass is 10.1. The van der Waals surface area contributed by atoms with E-state index in [4.69, 9.17) is 0 Å². The maximum absolute atomic E-state index is 12.5. The molecule has 0 unspecified atom stereocenters. The van der Waals surface area contributed by atoms with Crippen LogP contribution in [0, 0.1) is 6.92 Å². The first-order valence-corrected chi connectivity index (χ1v) is 8.75. The highest BCUT2D eigenvalue weighted by molar-refractivity contribution is 9.10. The van der Waals surface area contributed by atoms with Crippen molar-refractivity contribution in [1.82, 2.24) is 9.80 Å². The van der Waals surface area contributed by atoms with Crippen LogP contribution in [0.25, 0.3) is 0 Å². The second-order valence-electron chi connectivity index (χ2n) is 5.96. The van der Waals surface area contributed by atoms with Gasteiger partial charge < -0.3 is 9.80 Å². The Labute approximate surface area is 150 Å². The summed E-state index contributed by atoms with van der Waals surface area (Å²) in [5.41, 5.74) is 2.52. The minimum Gasteiger partial charge on any atom is -0.335 e. The highest BCUT2D eigenvalue weighted by Crippen LogP contribution is 2.15. The molecule has 1 saturated heterocycles. The van der Waals surface area contributed by atoms with E-state index in [9.17, 15) is 9.59 Å². The van der Waals surface area contributed by atoms with Crippen molar-refractivity contribution >= 4 is 27.7 Å². The molecule has 0 spiro atoms. The number of rotatable bonds is 2. The number of hydrogen-bond donors (Lipinski definition) is 0. The molecule has 2 amide bonds. The predicted octanol–water partition coefficient (Wildman–Crippen LogP) is 3.36. The standard InChI is InChI=1S/C19H19BrN2O2/c1-14-2-4-15(5-3-14)18(23)21-10-12-22(13-11-21)19(24)16-6-8-17(20)9-7-16/h2-9H,10-13H2,1H3. The van der Waals surface area contributed by atoms with Crippen LogP contribution in [0.4, 0.5) is 0 Å². The van der Waals surface area contributed by atoms with Crippen LogP contribution in [-0.4, -0.2) is 47.8 Å². The summed E-state index contributed by atoms with van der Waals surface area (Å²) in [4.78, 5) is 28.6. The number of halogens is 1. The van der Waals surface area contributed by atoms with Gasteiger partial charge in [-0.15, -0.1) is 0 Å². The van der Waals surface area contributed by atoms with E-state index in [2.05, 4.69) is 15.9 Å². The van der Waals surface area contributed by atoms with Crippen molar-refractivity contribution in [2.45, 2.75) is 6.92 Å². The fraction of sp³-hybridized carbons (Fsp3) is 0.263. The Bertz CT molecular complexity index is 667. The van der Waals surface area contributed by atoms with Crippen LogP contribution in [0.3, 0.4) is 0 Å². The fourth-order valence-corrected chi connectivity index (χ4v) is 3.03. The lowest BCUT2D eigenvalue weighted by molar-refractivity contribution is 0.0535. The van der Waals surface area contributed by atoms with Crippen LogP contribution in [0.1, 0.15) is 26.3 Å². The van der Waals surface area contributed by atoms with E-state index < -0.39 is 0 Å². The Kier molecular flexibility index (Phi) is 5.00. The van der Waals surface area contributed by atoms with E-state index in [-0.39, 0.29) is 11.8 Å². The number of carbonyl (C=O) groups excluding carboxylic acids is 2. The zero-order valence-corrected chi connectivity index (χ0v) is 15.1. The first-order chi connectivity index (χ1) is 11.5. The average Bonchev–Trinajstić information content (AvgIpc) is 2.62. The molecular formula is C19H19BrN2O2. The Morgan fingerprint density at radius 2 is 1.12 bits per heavy atom. The highest BCUT2D eigenvalue weighted by Gasteiger charge is 2.25. The Morgan fingerprint density at radius 1 is 0.750 bits per heavy atom. The normalized spacial score (nSPS) is 14.6. The molecule has 1 aliphatic heterocycles. The van der Waals surface area contributed by atoms with Crippen molar-refractivity contribution in [3.63, 3.8) is 0 Å². The number of carbonyl (C=O) groups is 2. The van der Waals surface area contributed by atoms with Crippen molar-refractivity contribution in [2.24, 2.45) is 0 Å². The molecule has 0 saturated carbocycles. The van der Waals surface area contributed by atoms with Crippen LogP contribution < -0.4 is 0 Å². The van der Waals surface area contributed by atoms with Gasteiger partial charge in [0, 0.05) is 41.8 Å².